The van der Waals surface area contributed by atoms with Crippen LogP contribution in [0.3, 0.4) is 0 Å². The van der Waals surface area contributed by atoms with Crippen molar-refractivity contribution in [2.45, 2.75) is 102 Å². The van der Waals surface area contributed by atoms with E-state index in [-0.39, 0.29) is 26.0 Å². The Morgan fingerprint density at radius 1 is 1.11 bits per heavy atom. The van der Waals surface area contributed by atoms with Crippen molar-refractivity contribution in [1.82, 2.24) is 15.5 Å². The van der Waals surface area contributed by atoms with E-state index in [1.54, 1.807) is 52.0 Å². The number of ether oxygens (including phenoxy) is 2. The molecule has 0 aromatic heterocycles. The molecule has 0 radical (unpaired) electrons. The van der Waals surface area contributed by atoms with Gasteiger partial charge in [-0.3, -0.25) is 13.8 Å². The number of esters is 1. The molecule has 0 spiro atoms. The first kappa shape index (κ1) is 40.0. The molecule has 3 amide bonds. The van der Waals surface area contributed by atoms with Crippen LogP contribution in [0.25, 0.3) is 0 Å². The molecule has 13 heteroatoms. The SMILES string of the molecule is C=CCC(NC(=O)C1CC(OS(=O)c2ccc(Br)cc2)CN1C(=O)CNC(=O)OC(C)(C)C)C(=O)OCC.C=CCCCCC. The van der Waals surface area contributed by atoms with E-state index < -0.39 is 65.3 Å². The fourth-order valence-electron chi connectivity index (χ4n) is 4.11. The topological polar surface area (TPSA) is 140 Å². The summed E-state index contributed by atoms with van der Waals surface area (Å²) in [7, 11) is 0. The van der Waals surface area contributed by atoms with Crippen molar-refractivity contribution < 1.29 is 37.0 Å². The van der Waals surface area contributed by atoms with Crippen LogP contribution in [0, 0.1) is 0 Å². The summed E-state index contributed by atoms with van der Waals surface area (Å²) in [6.45, 7) is 15.8. The fraction of sp³-hybridized carbons (Fsp3) is 0.562. The number of likely N-dealkylation sites (tertiary alicyclic amines) is 1. The number of nitrogens with one attached hydrogen (secondary N) is 2. The van der Waals surface area contributed by atoms with Crippen LogP contribution in [-0.2, 0) is 39.1 Å². The summed E-state index contributed by atoms with van der Waals surface area (Å²) in [6.07, 6.45) is 7.24. The third-order valence-corrected chi connectivity index (χ3v) is 7.83. The molecule has 1 saturated heterocycles. The summed E-state index contributed by atoms with van der Waals surface area (Å²) < 4.78 is 29.4. The van der Waals surface area contributed by atoms with Crippen LogP contribution >= 0.6 is 15.9 Å². The Hall–Kier alpha value is -3.03. The van der Waals surface area contributed by atoms with Crippen LogP contribution in [0.5, 0.6) is 0 Å². The number of carbonyl (C=O) groups excluding carboxylic acids is 4. The smallest absolute Gasteiger partial charge is 0.408 e. The molecule has 4 unspecified atom stereocenters. The minimum Gasteiger partial charge on any atom is -0.464 e. The number of hydrogen-bond donors (Lipinski definition) is 2. The number of halogens is 1. The van der Waals surface area contributed by atoms with Gasteiger partial charge >= 0.3 is 12.1 Å². The summed E-state index contributed by atoms with van der Waals surface area (Å²) in [5.41, 5.74) is -0.757. The van der Waals surface area contributed by atoms with Gasteiger partial charge in [-0.25, -0.2) is 13.8 Å². The maximum atomic E-state index is 13.2. The molecule has 45 heavy (non-hydrogen) atoms. The molecule has 4 atom stereocenters. The number of carbonyl (C=O) groups is 4. The second-order valence-electron chi connectivity index (χ2n) is 11.2. The van der Waals surface area contributed by atoms with Gasteiger partial charge in [-0.05, 0) is 71.2 Å². The Bertz CT molecular complexity index is 1160. The molecule has 0 bridgehead atoms. The van der Waals surface area contributed by atoms with Gasteiger partial charge < -0.3 is 25.0 Å². The summed E-state index contributed by atoms with van der Waals surface area (Å²) in [6, 6.07) is 4.66. The highest BCUT2D eigenvalue weighted by Crippen LogP contribution is 2.24. The van der Waals surface area contributed by atoms with E-state index in [2.05, 4.69) is 46.6 Å². The zero-order chi connectivity index (χ0) is 34.0. The molecule has 1 aliphatic rings. The molecule has 11 nitrogen and oxygen atoms in total. The Morgan fingerprint density at radius 2 is 1.78 bits per heavy atom. The minimum absolute atomic E-state index is 0.0237. The number of nitrogens with zero attached hydrogens (tertiary/aromatic N) is 1. The molecule has 1 aliphatic heterocycles. The van der Waals surface area contributed by atoms with Crippen molar-refractivity contribution >= 4 is 50.9 Å². The van der Waals surface area contributed by atoms with E-state index in [1.165, 1.54) is 36.7 Å². The third kappa shape index (κ3) is 15.7. The van der Waals surface area contributed by atoms with E-state index >= 15 is 0 Å². The van der Waals surface area contributed by atoms with Gasteiger partial charge in [0.2, 0.25) is 11.8 Å². The van der Waals surface area contributed by atoms with Gasteiger partial charge in [0.05, 0.1) is 17.6 Å². The number of benzene rings is 1. The molecule has 1 aromatic rings. The van der Waals surface area contributed by atoms with E-state index in [1.807, 2.05) is 6.08 Å². The standard InChI is InChI=1S/C25H34BrN3O8S.C7H14/c1-6-8-19(23(32)35-7-2)28-22(31)20-13-17(37-38(34)18-11-9-16(26)10-12-18)15-29(20)21(30)14-27-24(33)36-25(3,4)5;1-3-5-7-6-4-2/h6,9-12,17,19-20H,1,7-8,13-15H2,2-5H3,(H,27,33)(H,28,31);3H,1,4-7H2,2H3. The molecule has 1 fully saturated rings. The van der Waals surface area contributed by atoms with Gasteiger partial charge in [-0.2, -0.15) is 0 Å². The highest BCUT2D eigenvalue weighted by molar-refractivity contribution is 9.10. The molecule has 252 valence electrons. The Kier molecular flexibility index (Phi) is 18.6. The van der Waals surface area contributed by atoms with Gasteiger partial charge in [0, 0.05) is 17.4 Å². The van der Waals surface area contributed by atoms with Gasteiger partial charge in [0.15, 0.2) is 11.1 Å². The second-order valence-corrected chi connectivity index (χ2v) is 13.2. The quantitative estimate of drug-likeness (QED) is 0.141. The summed E-state index contributed by atoms with van der Waals surface area (Å²) in [5, 5.41) is 4.99. The molecule has 2 N–H and O–H groups in total. The number of allylic oxidation sites excluding steroid dienone is 1. The van der Waals surface area contributed by atoms with Crippen molar-refractivity contribution in [3.05, 3.63) is 54.0 Å². The highest BCUT2D eigenvalue weighted by atomic mass is 79.9. The van der Waals surface area contributed by atoms with Gasteiger partial charge in [-0.1, -0.05) is 47.8 Å². The summed E-state index contributed by atoms with van der Waals surface area (Å²) in [4.78, 5) is 52.2. The molecule has 2 rings (SSSR count). The van der Waals surface area contributed by atoms with E-state index in [0.29, 0.717) is 4.90 Å². The first-order valence-electron chi connectivity index (χ1n) is 15.1. The maximum absolute atomic E-state index is 13.2. The van der Waals surface area contributed by atoms with Crippen molar-refractivity contribution in [2.75, 3.05) is 19.7 Å². The van der Waals surface area contributed by atoms with Gasteiger partial charge in [0.1, 0.15) is 24.2 Å². The average molecular weight is 715 g/mol. The first-order valence-corrected chi connectivity index (χ1v) is 16.9. The second kappa shape index (κ2) is 20.9. The van der Waals surface area contributed by atoms with Crippen molar-refractivity contribution in [3.63, 3.8) is 0 Å². The predicted octanol–water partition coefficient (Wildman–Crippen LogP) is 5.36. The lowest BCUT2D eigenvalue weighted by molar-refractivity contribution is -0.148. The Balaban J connectivity index is 0.00000129. The molecule has 1 heterocycles. The van der Waals surface area contributed by atoms with E-state index in [0.717, 1.165) is 4.47 Å². The van der Waals surface area contributed by atoms with E-state index in [9.17, 15) is 23.4 Å². The van der Waals surface area contributed by atoms with Crippen LogP contribution in [0.2, 0.25) is 0 Å². The summed E-state index contributed by atoms with van der Waals surface area (Å²) >= 11 is 1.46. The van der Waals surface area contributed by atoms with Crippen LogP contribution < -0.4 is 10.6 Å². The lowest BCUT2D eigenvalue weighted by atomic mass is 10.1. The normalized spacial score (nSPS) is 17.2. The van der Waals surface area contributed by atoms with Crippen molar-refractivity contribution in [2.24, 2.45) is 0 Å². The predicted molar refractivity (Wildman–Crippen MR) is 177 cm³/mol. The molecule has 0 aliphatic carbocycles. The monoisotopic (exact) mass is 713 g/mol. The minimum atomic E-state index is -1.85. The number of unbranched alkanes of at least 4 members (excludes halogenated alkanes) is 3. The van der Waals surface area contributed by atoms with Crippen molar-refractivity contribution in [1.29, 1.82) is 0 Å². The summed E-state index contributed by atoms with van der Waals surface area (Å²) in [5.74, 6) is -1.82. The third-order valence-electron chi connectivity index (χ3n) is 6.20. The van der Waals surface area contributed by atoms with Crippen LogP contribution in [0.15, 0.2) is 58.9 Å². The highest BCUT2D eigenvalue weighted by Gasteiger charge is 2.42. The lowest BCUT2D eigenvalue weighted by Gasteiger charge is -2.26. The van der Waals surface area contributed by atoms with E-state index in [4.69, 9.17) is 13.7 Å². The van der Waals surface area contributed by atoms with Crippen LogP contribution in [0.4, 0.5) is 4.79 Å². The number of alkyl carbamates (subject to hydrolysis) is 1. The lowest BCUT2D eigenvalue weighted by Crippen LogP contribution is -2.52. The number of rotatable bonds is 15. The Labute approximate surface area is 278 Å². The molecule has 1 aromatic carbocycles. The average Bonchev–Trinajstić information content (AvgIpc) is 3.40. The van der Waals surface area contributed by atoms with Gasteiger partial charge in [0.25, 0.3) is 0 Å². The molecular weight excluding hydrogens is 666 g/mol. The van der Waals surface area contributed by atoms with Crippen molar-refractivity contribution in [3.8, 4) is 0 Å². The zero-order valence-corrected chi connectivity index (χ0v) is 29.4. The maximum Gasteiger partial charge on any atom is 0.408 e. The molecule has 0 saturated carbocycles. The van der Waals surface area contributed by atoms with Crippen LogP contribution in [-0.4, -0.2) is 76.5 Å². The number of amides is 3. The zero-order valence-electron chi connectivity index (χ0n) is 27.0. The fourth-order valence-corrected chi connectivity index (χ4v) is 5.23. The van der Waals surface area contributed by atoms with Gasteiger partial charge in [-0.15, -0.1) is 13.2 Å². The largest absolute Gasteiger partial charge is 0.464 e. The number of hydrogen-bond acceptors (Lipinski definition) is 8. The first-order chi connectivity index (χ1) is 21.3. The van der Waals surface area contributed by atoms with Crippen LogP contribution in [0.1, 0.15) is 73.1 Å². The molecular formula is C32H48BrN3O8S. The Morgan fingerprint density at radius 3 is 2.33 bits per heavy atom.